The van der Waals surface area contributed by atoms with Crippen molar-refractivity contribution in [1.82, 2.24) is 34.4 Å². The molecule has 4 aromatic heterocycles. The van der Waals surface area contributed by atoms with Crippen molar-refractivity contribution in [2.75, 3.05) is 32.0 Å². The number of nitrogen functional groups attached to an aromatic ring is 1. The Labute approximate surface area is 220 Å². The second-order valence-corrected chi connectivity index (χ2v) is 10.0. The number of imidazole rings is 1. The lowest BCUT2D eigenvalue weighted by molar-refractivity contribution is -0.00895. The van der Waals surface area contributed by atoms with Gasteiger partial charge in [0.15, 0.2) is 17.0 Å². The molecule has 0 aliphatic carbocycles. The van der Waals surface area contributed by atoms with E-state index in [-0.39, 0.29) is 17.9 Å². The number of rotatable bonds is 8. The van der Waals surface area contributed by atoms with Gasteiger partial charge in [-0.2, -0.15) is 9.97 Å². The molecule has 0 radical (unpaired) electrons. The van der Waals surface area contributed by atoms with Crippen molar-refractivity contribution in [2.45, 2.75) is 39.3 Å². The zero-order valence-electron chi connectivity index (χ0n) is 21.5. The highest BCUT2D eigenvalue weighted by Gasteiger charge is 2.38. The second kappa shape index (κ2) is 10.1. The maximum Gasteiger partial charge on any atom is 0.320 e. The van der Waals surface area contributed by atoms with Crippen molar-refractivity contribution < 1.29 is 13.9 Å². The molecule has 0 amide bonds. The number of nitrogens with two attached hydrogens (primary N) is 1. The summed E-state index contributed by atoms with van der Waals surface area (Å²) in [7, 11) is 0. The number of nitrogens with zero attached hydrogens (tertiary/aromatic N) is 7. The van der Waals surface area contributed by atoms with Gasteiger partial charge < -0.3 is 24.7 Å². The molecule has 7 rings (SSSR count). The smallest absolute Gasteiger partial charge is 0.320 e. The number of hydrogen-bond donors (Lipinski definition) is 1. The fourth-order valence-corrected chi connectivity index (χ4v) is 5.68. The standard InChI is InChI=1S/C27H31FN8O2/c1-3-37-27-33-24(29)23-26(34-27)36(25(32-23)19-10-20(28)13-30-12-19)14-17-4-5-22(31-11-17)38-16(2)21-15-35-8-6-18(21)7-9-35/h4-5,10-13,16,18,21H,3,6-9,14-15H2,1-2H3,(H2,29,33,34)/t16-,21-/m0/s1. The largest absolute Gasteiger partial charge is 0.474 e. The minimum Gasteiger partial charge on any atom is -0.474 e. The van der Waals surface area contributed by atoms with Crippen LogP contribution in [0.25, 0.3) is 22.6 Å². The molecule has 0 unspecified atom stereocenters. The molecule has 0 saturated carbocycles. The van der Waals surface area contributed by atoms with E-state index in [1.807, 2.05) is 23.6 Å². The van der Waals surface area contributed by atoms with E-state index in [0.29, 0.717) is 47.5 Å². The van der Waals surface area contributed by atoms with Gasteiger partial charge in [0.1, 0.15) is 17.7 Å². The third-order valence-corrected chi connectivity index (χ3v) is 7.59. The third-order valence-electron chi connectivity index (χ3n) is 7.59. The van der Waals surface area contributed by atoms with Crippen LogP contribution in [0.2, 0.25) is 0 Å². The monoisotopic (exact) mass is 518 g/mol. The molecule has 3 saturated heterocycles. The Balaban J connectivity index is 1.28. The number of halogens is 1. The third kappa shape index (κ3) is 4.73. The second-order valence-electron chi connectivity index (χ2n) is 10.0. The van der Waals surface area contributed by atoms with Crippen LogP contribution < -0.4 is 15.2 Å². The van der Waals surface area contributed by atoms with Gasteiger partial charge >= 0.3 is 6.01 Å². The van der Waals surface area contributed by atoms with Gasteiger partial charge in [-0.05, 0) is 57.3 Å². The molecule has 11 heteroatoms. The van der Waals surface area contributed by atoms with Gasteiger partial charge in [-0.3, -0.25) is 4.98 Å². The Morgan fingerprint density at radius 1 is 1.13 bits per heavy atom. The average Bonchev–Trinajstić information content (AvgIpc) is 3.29. The molecule has 2 bridgehead atoms. The molecule has 2 atom stereocenters. The topological polar surface area (TPSA) is 117 Å². The quantitative estimate of drug-likeness (QED) is 0.374. The molecule has 4 aromatic rings. The lowest BCUT2D eigenvalue weighted by Gasteiger charge is -2.46. The molecule has 7 heterocycles. The maximum absolute atomic E-state index is 14.0. The minimum absolute atomic E-state index is 0.0998. The summed E-state index contributed by atoms with van der Waals surface area (Å²) in [6, 6.07) is 5.40. The molecule has 198 valence electrons. The van der Waals surface area contributed by atoms with E-state index < -0.39 is 5.82 Å². The first kappa shape index (κ1) is 24.5. The van der Waals surface area contributed by atoms with Crippen molar-refractivity contribution in [2.24, 2.45) is 11.8 Å². The Hall–Kier alpha value is -3.86. The van der Waals surface area contributed by atoms with E-state index in [0.717, 1.165) is 24.2 Å². The summed E-state index contributed by atoms with van der Waals surface area (Å²) in [5.41, 5.74) is 8.48. The summed E-state index contributed by atoms with van der Waals surface area (Å²) in [6.07, 6.45) is 7.10. The van der Waals surface area contributed by atoms with Crippen molar-refractivity contribution in [1.29, 1.82) is 0 Å². The molecular weight excluding hydrogens is 487 g/mol. The molecule has 0 spiro atoms. The molecule has 3 aliphatic rings. The Kier molecular flexibility index (Phi) is 6.52. The molecule has 10 nitrogen and oxygen atoms in total. The highest BCUT2D eigenvalue weighted by atomic mass is 19.1. The van der Waals surface area contributed by atoms with Gasteiger partial charge in [0.2, 0.25) is 5.88 Å². The van der Waals surface area contributed by atoms with Crippen LogP contribution in [0.3, 0.4) is 0 Å². The SMILES string of the molecule is CCOc1nc(N)c2nc(-c3cncc(F)c3)n(Cc3ccc(O[C@@H](C)[C@@H]4CN5CCC4CC5)nc3)c2n1. The molecule has 3 aliphatic heterocycles. The first-order valence-corrected chi connectivity index (χ1v) is 13.1. The summed E-state index contributed by atoms with van der Waals surface area (Å²) in [5, 5.41) is 0. The van der Waals surface area contributed by atoms with Gasteiger partial charge in [-0.25, -0.2) is 14.4 Å². The number of hydrogen-bond acceptors (Lipinski definition) is 9. The maximum atomic E-state index is 14.0. The number of fused-ring (bicyclic) bond motifs is 4. The highest BCUT2D eigenvalue weighted by Crippen LogP contribution is 2.35. The number of anilines is 1. The summed E-state index contributed by atoms with van der Waals surface area (Å²) in [6.45, 7) is 8.27. The number of pyridine rings is 2. The lowest BCUT2D eigenvalue weighted by Crippen LogP contribution is -2.51. The number of piperidine rings is 3. The van der Waals surface area contributed by atoms with Crippen LogP contribution in [0.4, 0.5) is 10.2 Å². The predicted molar refractivity (Wildman–Crippen MR) is 140 cm³/mol. The zero-order valence-corrected chi connectivity index (χ0v) is 21.5. The first-order chi connectivity index (χ1) is 18.5. The van der Waals surface area contributed by atoms with E-state index in [4.69, 9.17) is 15.2 Å². The molecule has 2 N–H and O–H groups in total. The van der Waals surface area contributed by atoms with Crippen LogP contribution in [0.5, 0.6) is 11.9 Å². The van der Waals surface area contributed by atoms with E-state index in [1.54, 1.807) is 12.4 Å². The normalized spacial score (nSPS) is 21.5. The van der Waals surface area contributed by atoms with E-state index in [1.165, 1.54) is 32.0 Å². The highest BCUT2D eigenvalue weighted by molar-refractivity contribution is 5.85. The van der Waals surface area contributed by atoms with E-state index in [2.05, 4.69) is 36.7 Å². The fraction of sp³-hybridized carbons (Fsp3) is 0.444. The molecule has 3 fully saturated rings. The Bertz CT molecular complexity index is 1440. The number of aromatic nitrogens is 6. The molecular formula is C27H31FN8O2. The van der Waals surface area contributed by atoms with Crippen molar-refractivity contribution in [3.05, 3.63) is 48.2 Å². The molecule has 38 heavy (non-hydrogen) atoms. The number of ether oxygens (including phenoxy) is 2. The van der Waals surface area contributed by atoms with Crippen molar-refractivity contribution >= 4 is 17.0 Å². The summed E-state index contributed by atoms with van der Waals surface area (Å²) in [5.74, 6) is 2.06. The first-order valence-electron chi connectivity index (χ1n) is 13.1. The van der Waals surface area contributed by atoms with Crippen LogP contribution in [0.1, 0.15) is 32.3 Å². The lowest BCUT2D eigenvalue weighted by atomic mass is 9.76. The van der Waals surface area contributed by atoms with E-state index in [9.17, 15) is 4.39 Å². The zero-order chi connectivity index (χ0) is 26.2. The molecule has 0 aromatic carbocycles. The van der Waals surface area contributed by atoms with Crippen molar-refractivity contribution in [3.8, 4) is 23.3 Å². The van der Waals surface area contributed by atoms with Gasteiger partial charge in [0.25, 0.3) is 0 Å². The van der Waals surface area contributed by atoms with Gasteiger partial charge in [-0.15, -0.1) is 0 Å². The summed E-state index contributed by atoms with van der Waals surface area (Å²) in [4.78, 5) is 24.5. The van der Waals surface area contributed by atoms with Crippen LogP contribution in [-0.2, 0) is 6.54 Å². The van der Waals surface area contributed by atoms with Gasteiger partial charge in [0.05, 0.1) is 19.3 Å². The fourth-order valence-electron chi connectivity index (χ4n) is 5.68. The average molecular weight is 519 g/mol. The van der Waals surface area contributed by atoms with Crippen molar-refractivity contribution in [3.63, 3.8) is 0 Å². The van der Waals surface area contributed by atoms with Crippen LogP contribution in [0.15, 0.2) is 36.8 Å². The van der Waals surface area contributed by atoms with Crippen LogP contribution in [-0.4, -0.2) is 66.7 Å². The van der Waals surface area contributed by atoms with Crippen LogP contribution in [0, 0.1) is 17.7 Å². The Morgan fingerprint density at radius 2 is 1.97 bits per heavy atom. The van der Waals surface area contributed by atoms with E-state index >= 15 is 0 Å². The van der Waals surface area contributed by atoms with Gasteiger partial charge in [0, 0.05) is 36.5 Å². The Morgan fingerprint density at radius 3 is 2.66 bits per heavy atom. The summed E-state index contributed by atoms with van der Waals surface area (Å²) >= 11 is 0. The minimum atomic E-state index is -0.463. The summed E-state index contributed by atoms with van der Waals surface area (Å²) < 4.78 is 27.7. The van der Waals surface area contributed by atoms with Gasteiger partial charge in [-0.1, -0.05) is 6.07 Å². The van der Waals surface area contributed by atoms with Crippen LogP contribution >= 0.6 is 0 Å². The predicted octanol–water partition coefficient (Wildman–Crippen LogP) is 3.56.